The van der Waals surface area contributed by atoms with Crippen molar-refractivity contribution < 1.29 is 18.4 Å². The second kappa shape index (κ2) is 8.67. The maximum atomic E-state index is 13.3. The number of rotatable bonds is 6. The molecule has 3 aromatic carbocycles. The van der Waals surface area contributed by atoms with Crippen molar-refractivity contribution in [2.24, 2.45) is 0 Å². The molecule has 5 rings (SSSR count). The number of nitrogens with one attached hydrogen (secondary N) is 1. The first-order valence-corrected chi connectivity index (χ1v) is 11.3. The third-order valence-corrected chi connectivity index (χ3v) is 6.08. The first kappa shape index (κ1) is 21.7. The van der Waals surface area contributed by atoms with E-state index in [4.69, 9.17) is 8.83 Å². The molecule has 0 bridgehead atoms. The summed E-state index contributed by atoms with van der Waals surface area (Å²) in [6.45, 7) is 6.22. The van der Waals surface area contributed by atoms with Gasteiger partial charge in [0.15, 0.2) is 5.76 Å². The summed E-state index contributed by atoms with van der Waals surface area (Å²) in [6.07, 6.45) is 1.74. The highest BCUT2D eigenvalue weighted by Gasteiger charge is 2.24. The Morgan fingerprint density at radius 1 is 0.912 bits per heavy atom. The summed E-state index contributed by atoms with van der Waals surface area (Å²) in [4.78, 5) is 26.4. The van der Waals surface area contributed by atoms with Gasteiger partial charge in [0.05, 0.1) is 18.4 Å². The lowest BCUT2D eigenvalue weighted by atomic mass is 10.00. The molecule has 5 aromatic rings. The lowest BCUT2D eigenvalue weighted by Crippen LogP contribution is -2.16. The van der Waals surface area contributed by atoms with Gasteiger partial charge in [0.1, 0.15) is 11.2 Å². The standard InChI is InChI=1S/C29H25NO4/c1-17(2)20-12-13-24-23(14-20)21(16-33-24)15-26(31)30-27-22-6-4-5-7-25(22)34-29(27)28(32)19-10-8-18(3)9-11-19/h4-14,16-17H,15H2,1-3H3,(H,30,31). The molecule has 5 nitrogen and oxygen atoms in total. The normalized spacial score (nSPS) is 11.4. The van der Waals surface area contributed by atoms with Gasteiger partial charge >= 0.3 is 0 Å². The van der Waals surface area contributed by atoms with Gasteiger partial charge in [-0.05, 0) is 42.7 Å². The second-order valence-corrected chi connectivity index (χ2v) is 8.89. The molecule has 1 N–H and O–H groups in total. The maximum absolute atomic E-state index is 13.3. The van der Waals surface area contributed by atoms with Gasteiger partial charge in [-0.3, -0.25) is 9.59 Å². The van der Waals surface area contributed by atoms with E-state index in [-0.39, 0.29) is 23.9 Å². The van der Waals surface area contributed by atoms with E-state index in [1.807, 2.05) is 49.4 Å². The second-order valence-electron chi connectivity index (χ2n) is 8.89. The Kier molecular flexibility index (Phi) is 5.54. The van der Waals surface area contributed by atoms with Crippen LogP contribution in [0.5, 0.6) is 0 Å². The van der Waals surface area contributed by atoms with Crippen molar-refractivity contribution in [3.05, 3.63) is 101 Å². The molecule has 0 aliphatic rings. The van der Waals surface area contributed by atoms with Crippen molar-refractivity contribution in [1.29, 1.82) is 0 Å². The molecule has 0 aliphatic carbocycles. The van der Waals surface area contributed by atoms with Crippen LogP contribution in [-0.2, 0) is 11.2 Å². The molecule has 0 saturated heterocycles. The number of carbonyl (C=O) groups is 2. The van der Waals surface area contributed by atoms with Crippen molar-refractivity contribution in [3.8, 4) is 0 Å². The highest BCUT2D eigenvalue weighted by atomic mass is 16.3. The van der Waals surface area contributed by atoms with E-state index < -0.39 is 0 Å². The number of furan rings is 2. The monoisotopic (exact) mass is 451 g/mol. The number of carbonyl (C=O) groups excluding carboxylic acids is 2. The van der Waals surface area contributed by atoms with Gasteiger partial charge in [0, 0.05) is 21.9 Å². The van der Waals surface area contributed by atoms with Crippen molar-refractivity contribution in [3.63, 3.8) is 0 Å². The van der Waals surface area contributed by atoms with Crippen LogP contribution < -0.4 is 5.32 Å². The van der Waals surface area contributed by atoms with E-state index in [0.29, 0.717) is 28.1 Å². The summed E-state index contributed by atoms with van der Waals surface area (Å²) in [7, 11) is 0. The SMILES string of the molecule is Cc1ccc(C(=O)c2oc3ccccc3c2NC(=O)Cc2coc3ccc(C(C)C)cc23)cc1. The van der Waals surface area contributed by atoms with Gasteiger partial charge in [-0.25, -0.2) is 0 Å². The van der Waals surface area contributed by atoms with Crippen LogP contribution >= 0.6 is 0 Å². The van der Waals surface area contributed by atoms with E-state index in [1.54, 1.807) is 24.5 Å². The van der Waals surface area contributed by atoms with Gasteiger partial charge in [-0.15, -0.1) is 0 Å². The zero-order chi connectivity index (χ0) is 23.8. The first-order valence-electron chi connectivity index (χ1n) is 11.3. The van der Waals surface area contributed by atoms with Crippen molar-refractivity contribution in [2.75, 3.05) is 5.32 Å². The molecule has 0 radical (unpaired) electrons. The number of para-hydroxylation sites is 1. The summed E-state index contributed by atoms with van der Waals surface area (Å²) >= 11 is 0. The van der Waals surface area contributed by atoms with Crippen molar-refractivity contribution in [1.82, 2.24) is 0 Å². The summed E-state index contributed by atoms with van der Waals surface area (Å²) in [5, 5.41) is 4.55. The first-order chi connectivity index (χ1) is 16.4. The van der Waals surface area contributed by atoms with E-state index in [1.165, 1.54) is 5.56 Å². The molecule has 0 atom stereocenters. The van der Waals surface area contributed by atoms with Crippen LogP contribution in [0.15, 0.2) is 81.8 Å². The van der Waals surface area contributed by atoms with Crippen molar-refractivity contribution in [2.45, 2.75) is 33.1 Å². The van der Waals surface area contributed by atoms with Gasteiger partial charge in [0.25, 0.3) is 0 Å². The number of hydrogen-bond donors (Lipinski definition) is 1. The Hall–Kier alpha value is -4.12. The lowest BCUT2D eigenvalue weighted by Gasteiger charge is -2.07. The van der Waals surface area contributed by atoms with E-state index in [9.17, 15) is 9.59 Å². The number of fused-ring (bicyclic) bond motifs is 2. The maximum Gasteiger partial charge on any atom is 0.230 e. The average Bonchev–Trinajstić information content (AvgIpc) is 3.40. The molecular formula is C29H25NO4. The minimum atomic E-state index is -0.276. The fraction of sp³-hybridized carbons (Fsp3) is 0.172. The van der Waals surface area contributed by atoms with Crippen LogP contribution in [0.1, 0.15) is 52.6 Å². The molecule has 0 unspecified atom stereocenters. The molecule has 2 aromatic heterocycles. The fourth-order valence-electron chi connectivity index (χ4n) is 4.12. The van der Waals surface area contributed by atoms with Crippen molar-refractivity contribution >= 4 is 39.3 Å². The Morgan fingerprint density at radius 3 is 2.44 bits per heavy atom. The largest absolute Gasteiger partial charge is 0.464 e. The van der Waals surface area contributed by atoms with E-state index >= 15 is 0 Å². The molecule has 170 valence electrons. The smallest absolute Gasteiger partial charge is 0.230 e. The van der Waals surface area contributed by atoms with Crippen LogP contribution in [0.3, 0.4) is 0 Å². The Balaban J connectivity index is 1.48. The molecular weight excluding hydrogens is 426 g/mol. The van der Waals surface area contributed by atoms with E-state index in [2.05, 4.69) is 25.2 Å². The minimum absolute atomic E-state index is 0.117. The number of benzene rings is 3. The molecule has 0 aliphatic heterocycles. The van der Waals surface area contributed by atoms with Crippen LogP contribution in [0.2, 0.25) is 0 Å². The molecule has 0 spiro atoms. The molecule has 2 heterocycles. The third-order valence-electron chi connectivity index (χ3n) is 6.08. The number of amides is 1. The molecule has 0 saturated carbocycles. The lowest BCUT2D eigenvalue weighted by molar-refractivity contribution is -0.115. The van der Waals surface area contributed by atoms with E-state index in [0.717, 1.165) is 22.1 Å². The van der Waals surface area contributed by atoms with Gasteiger partial charge in [0.2, 0.25) is 11.7 Å². The minimum Gasteiger partial charge on any atom is -0.464 e. The fourth-order valence-corrected chi connectivity index (χ4v) is 4.12. The van der Waals surface area contributed by atoms with Crippen LogP contribution in [0.25, 0.3) is 21.9 Å². The predicted octanol–water partition coefficient (Wildman–Crippen LogP) is 7.02. The van der Waals surface area contributed by atoms with Crippen LogP contribution in [0, 0.1) is 6.92 Å². The summed E-state index contributed by atoms with van der Waals surface area (Å²) in [5.41, 5.74) is 5.23. The number of hydrogen-bond acceptors (Lipinski definition) is 4. The molecule has 0 fully saturated rings. The number of anilines is 1. The zero-order valence-corrected chi connectivity index (χ0v) is 19.3. The summed E-state index contributed by atoms with van der Waals surface area (Å²) in [5.74, 6) is -0.0323. The van der Waals surface area contributed by atoms with Gasteiger partial charge in [-0.2, -0.15) is 0 Å². The highest BCUT2D eigenvalue weighted by molar-refractivity contribution is 6.17. The Labute approximate surface area is 197 Å². The molecule has 34 heavy (non-hydrogen) atoms. The summed E-state index contributed by atoms with van der Waals surface area (Å²) in [6, 6.07) is 20.6. The topological polar surface area (TPSA) is 72.5 Å². The average molecular weight is 452 g/mol. The Morgan fingerprint density at radius 2 is 1.68 bits per heavy atom. The molecule has 5 heteroatoms. The molecule has 1 amide bonds. The number of aryl methyl sites for hydroxylation is 1. The zero-order valence-electron chi connectivity index (χ0n) is 19.3. The van der Waals surface area contributed by atoms with Crippen LogP contribution in [0.4, 0.5) is 5.69 Å². The third kappa shape index (κ3) is 4.01. The van der Waals surface area contributed by atoms with Crippen LogP contribution in [-0.4, -0.2) is 11.7 Å². The Bertz CT molecular complexity index is 1520. The summed E-state index contributed by atoms with van der Waals surface area (Å²) < 4.78 is 11.6. The quantitative estimate of drug-likeness (QED) is 0.282. The van der Waals surface area contributed by atoms with Gasteiger partial charge in [-0.1, -0.05) is 61.9 Å². The van der Waals surface area contributed by atoms with Gasteiger partial charge < -0.3 is 14.2 Å². The number of ketones is 1. The highest BCUT2D eigenvalue weighted by Crippen LogP contribution is 2.33. The predicted molar refractivity (Wildman–Crippen MR) is 133 cm³/mol.